The molecule has 1 heterocycles. The van der Waals surface area contributed by atoms with E-state index in [9.17, 15) is 9.59 Å². The Balaban J connectivity index is 1.94. The summed E-state index contributed by atoms with van der Waals surface area (Å²) in [6.45, 7) is 2.47. The van der Waals surface area contributed by atoms with Gasteiger partial charge in [0.25, 0.3) is 5.91 Å². The quantitative estimate of drug-likeness (QED) is 0.320. The number of hydrogen-bond donors (Lipinski definition) is 3. The highest BCUT2D eigenvalue weighted by molar-refractivity contribution is 5.94. The minimum absolute atomic E-state index is 0.0894. The molecular formula is C21H21N5O2. The Labute approximate surface area is 162 Å². The van der Waals surface area contributed by atoms with Gasteiger partial charge in [-0.25, -0.2) is 5.43 Å². The number of rotatable bonds is 8. The van der Waals surface area contributed by atoms with Gasteiger partial charge >= 0.3 is 0 Å². The van der Waals surface area contributed by atoms with E-state index in [1.54, 1.807) is 18.5 Å². The van der Waals surface area contributed by atoms with E-state index in [0.717, 1.165) is 27.8 Å². The van der Waals surface area contributed by atoms with Crippen molar-refractivity contribution >= 4 is 18.5 Å². The van der Waals surface area contributed by atoms with Gasteiger partial charge in [-0.15, -0.1) is 0 Å². The molecule has 0 aliphatic heterocycles. The molecule has 28 heavy (non-hydrogen) atoms. The fourth-order valence-corrected chi connectivity index (χ4v) is 2.92. The Hall–Kier alpha value is -3.74. The lowest BCUT2D eigenvalue weighted by Gasteiger charge is -2.10. The second-order valence-corrected chi connectivity index (χ2v) is 6.14. The molecule has 0 unspecified atom stereocenters. The molecule has 0 spiro atoms. The third kappa shape index (κ3) is 4.70. The first-order chi connectivity index (χ1) is 13.7. The van der Waals surface area contributed by atoms with Crippen LogP contribution >= 0.6 is 0 Å². The van der Waals surface area contributed by atoms with Crippen molar-refractivity contribution in [2.24, 2.45) is 5.10 Å². The van der Waals surface area contributed by atoms with Crippen molar-refractivity contribution in [2.75, 3.05) is 6.54 Å². The molecule has 2 aromatic carbocycles. The van der Waals surface area contributed by atoms with Crippen molar-refractivity contribution < 1.29 is 9.59 Å². The van der Waals surface area contributed by atoms with Crippen LogP contribution in [0, 0.1) is 0 Å². The van der Waals surface area contributed by atoms with Crippen LogP contribution in [0.5, 0.6) is 0 Å². The number of aromatic amines is 1. The Morgan fingerprint density at radius 3 is 2.86 bits per heavy atom. The maximum Gasteiger partial charge on any atom is 0.251 e. The van der Waals surface area contributed by atoms with Crippen molar-refractivity contribution in [3.63, 3.8) is 0 Å². The topological polar surface area (TPSA) is 99.2 Å². The number of H-pyrrole nitrogens is 1. The molecule has 0 saturated heterocycles. The van der Waals surface area contributed by atoms with Crippen LogP contribution in [0.1, 0.15) is 34.0 Å². The minimum atomic E-state index is -0.0894. The summed E-state index contributed by atoms with van der Waals surface area (Å²) in [6, 6.07) is 13.5. The fraction of sp³-hybridized carbons (Fsp3) is 0.143. The molecule has 0 saturated carbocycles. The lowest BCUT2D eigenvalue weighted by Crippen LogP contribution is -2.22. The van der Waals surface area contributed by atoms with Crippen molar-refractivity contribution in [2.45, 2.75) is 13.3 Å². The highest BCUT2D eigenvalue weighted by Crippen LogP contribution is 2.23. The van der Waals surface area contributed by atoms with E-state index in [0.29, 0.717) is 24.9 Å². The van der Waals surface area contributed by atoms with Gasteiger partial charge in [0.05, 0.1) is 12.4 Å². The normalized spacial score (nSPS) is 10.8. The second-order valence-electron chi connectivity index (χ2n) is 6.14. The molecular weight excluding hydrogens is 354 g/mol. The molecule has 0 bridgehead atoms. The lowest BCUT2D eigenvalue weighted by molar-refractivity contribution is -0.109. The van der Waals surface area contributed by atoms with Gasteiger partial charge < -0.3 is 5.32 Å². The summed E-state index contributed by atoms with van der Waals surface area (Å²) >= 11 is 0. The number of nitrogens with one attached hydrogen (secondary N) is 3. The van der Waals surface area contributed by atoms with Gasteiger partial charge in [0.2, 0.25) is 6.41 Å². The number of carbonyl (C=O) groups excluding carboxylic acids is 2. The van der Waals surface area contributed by atoms with Gasteiger partial charge in [0.1, 0.15) is 0 Å². The average Bonchev–Trinajstić information content (AvgIpc) is 3.24. The SMILES string of the molecule is CCNC(=O)c1cccc(Cc2cc(-c3cn[nH]c3)ccc2/C=N\NC=O)c1. The molecule has 1 aromatic heterocycles. The number of amides is 2. The average molecular weight is 375 g/mol. The van der Waals surface area contributed by atoms with Crippen LogP contribution in [0.4, 0.5) is 0 Å². The molecule has 0 aliphatic carbocycles. The van der Waals surface area contributed by atoms with Crippen LogP contribution in [0.25, 0.3) is 11.1 Å². The number of aromatic nitrogens is 2. The van der Waals surface area contributed by atoms with Crippen molar-refractivity contribution in [3.05, 3.63) is 77.1 Å². The molecule has 3 aromatic rings. The summed E-state index contributed by atoms with van der Waals surface area (Å²) in [5, 5.41) is 13.5. The van der Waals surface area contributed by atoms with E-state index in [2.05, 4.69) is 32.1 Å². The van der Waals surface area contributed by atoms with Crippen LogP contribution in [0.3, 0.4) is 0 Å². The molecule has 7 heteroatoms. The summed E-state index contributed by atoms with van der Waals surface area (Å²) in [4.78, 5) is 22.6. The van der Waals surface area contributed by atoms with Crippen LogP contribution in [-0.4, -0.2) is 35.3 Å². The van der Waals surface area contributed by atoms with Gasteiger partial charge in [0.15, 0.2) is 0 Å². The van der Waals surface area contributed by atoms with Gasteiger partial charge in [-0.1, -0.05) is 30.3 Å². The molecule has 2 amide bonds. The summed E-state index contributed by atoms with van der Waals surface area (Å²) in [7, 11) is 0. The highest BCUT2D eigenvalue weighted by Gasteiger charge is 2.09. The van der Waals surface area contributed by atoms with Crippen molar-refractivity contribution in [1.82, 2.24) is 20.9 Å². The molecule has 3 N–H and O–H groups in total. The smallest absolute Gasteiger partial charge is 0.251 e. The second kappa shape index (κ2) is 9.27. The summed E-state index contributed by atoms with van der Waals surface area (Å²) in [5.41, 5.74) is 7.82. The Bertz CT molecular complexity index is 980. The molecule has 0 aliphatic rings. The van der Waals surface area contributed by atoms with Gasteiger partial charge in [-0.05, 0) is 47.7 Å². The monoisotopic (exact) mass is 375 g/mol. The molecule has 0 radical (unpaired) electrons. The number of benzene rings is 2. The van der Waals surface area contributed by atoms with Crippen LogP contribution < -0.4 is 10.7 Å². The predicted octanol–water partition coefficient (Wildman–Crippen LogP) is 2.50. The maximum atomic E-state index is 12.1. The zero-order chi connectivity index (χ0) is 19.8. The van der Waals surface area contributed by atoms with E-state index in [1.807, 2.05) is 43.5 Å². The van der Waals surface area contributed by atoms with E-state index < -0.39 is 0 Å². The third-order valence-corrected chi connectivity index (χ3v) is 4.23. The number of hydrazone groups is 1. The molecule has 0 fully saturated rings. The van der Waals surface area contributed by atoms with Gasteiger partial charge in [0, 0.05) is 23.9 Å². The maximum absolute atomic E-state index is 12.1. The van der Waals surface area contributed by atoms with E-state index in [1.165, 1.54) is 0 Å². The first-order valence-electron chi connectivity index (χ1n) is 8.92. The molecule has 142 valence electrons. The lowest BCUT2D eigenvalue weighted by atomic mass is 9.95. The Morgan fingerprint density at radius 2 is 2.11 bits per heavy atom. The minimum Gasteiger partial charge on any atom is -0.352 e. The number of carbonyl (C=O) groups is 2. The highest BCUT2D eigenvalue weighted by atomic mass is 16.1. The van der Waals surface area contributed by atoms with Gasteiger partial charge in [-0.2, -0.15) is 10.2 Å². The summed E-state index contributed by atoms with van der Waals surface area (Å²) < 4.78 is 0. The molecule has 3 rings (SSSR count). The zero-order valence-electron chi connectivity index (χ0n) is 15.5. The Morgan fingerprint density at radius 1 is 1.21 bits per heavy atom. The van der Waals surface area contributed by atoms with Crippen molar-refractivity contribution in [3.8, 4) is 11.1 Å². The fourth-order valence-electron chi connectivity index (χ4n) is 2.92. The van der Waals surface area contributed by atoms with E-state index in [-0.39, 0.29) is 5.91 Å². The van der Waals surface area contributed by atoms with Crippen LogP contribution in [0.15, 0.2) is 60.0 Å². The van der Waals surface area contributed by atoms with Crippen molar-refractivity contribution in [1.29, 1.82) is 0 Å². The van der Waals surface area contributed by atoms with E-state index >= 15 is 0 Å². The summed E-state index contributed by atoms with van der Waals surface area (Å²) in [6.07, 6.45) is 6.33. The number of hydrogen-bond acceptors (Lipinski definition) is 4. The third-order valence-electron chi connectivity index (χ3n) is 4.23. The molecule has 7 nitrogen and oxygen atoms in total. The largest absolute Gasteiger partial charge is 0.352 e. The first kappa shape index (κ1) is 19.0. The van der Waals surface area contributed by atoms with Gasteiger partial charge in [-0.3, -0.25) is 14.7 Å². The zero-order valence-corrected chi connectivity index (χ0v) is 15.5. The predicted molar refractivity (Wildman–Crippen MR) is 108 cm³/mol. The first-order valence-corrected chi connectivity index (χ1v) is 8.92. The van der Waals surface area contributed by atoms with E-state index in [4.69, 9.17) is 0 Å². The van der Waals surface area contributed by atoms with Crippen LogP contribution in [0.2, 0.25) is 0 Å². The number of nitrogens with zero attached hydrogens (tertiary/aromatic N) is 2. The standard InChI is InChI=1S/C21H21N5O2/c1-2-22-21(28)17-5-3-4-15(8-17)9-19-10-16(20-12-23-24-13-20)6-7-18(19)11-25-26-14-27/h3-8,10-14H,2,9H2,1H3,(H,22,28)(H,23,24)(H,26,27)/b25-11-. The molecule has 0 atom stereocenters. The Kier molecular flexibility index (Phi) is 6.30. The van der Waals surface area contributed by atoms with Crippen LogP contribution in [-0.2, 0) is 11.2 Å². The summed E-state index contributed by atoms with van der Waals surface area (Å²) in [5.74, 6) is -0.0894.